The average Bonchev–Trinajstić information content (AvgIpc) is 3.39. The van der Waals surface area contributed by atoms with Gasteiger partial charge in [0.25, 0.3) is 5.91 Å². The van der Waals surface area contributed by atoms with Gasteiger partial charge >= 0.3 is 0 Å². The Hall–Kier alpha value is -3.01. The van der Waals surface area contributed by atoms with E-state index in [4.69, 9.17) is 17.0 Å². The Balaban J connectivity index is 1.29. The molecule has 0 spiro atoms. The highest BCUT2D eigenvalue weighted by molar-refractivity contribution is 8.26. The number of hydrogen-bond donors (Lipinski definition) is 1. The van der Waals surface area contributed by atoms with Gasteiger partial charge in [0.1, 0.15) is 10.1 Å². The number of aromatic nitrogens is 1. The summed E-state index contributed by atoms with van der Waals surface area (Å²) in [6, 6.07) is 17.3. The van der Waals surface area contributed by atoms with Gasteiger partial charge in [0, 0.05) is 23.9 Å². The first-order valence-electron chi connectivity index (χ1n) is 10.2. The molecule has 168 valence electrons. The Kier molecular flexibility index (Phi) is 7.54. The second-order valence-corrected chi connectivity index (χ2v) is 9.70. The quantitative estimate of drug-likeness (QED) is 0.332. The first-order chi connectivity index (χ1) is 16.0. The summed E-state index contributed by atoms with van der Waals surface area (Å²) in [5, 5.41) is 5.31. The van der Waals surface area contributed by atoms with Gasteiger partial charge in [-0.15, -0.1) is 11.3 Å². The molecule has 0 bridgehead atoms. The van der Waals surface area contributed by atoms with Gasteiger partial charge < -0.3 is 10.1 Å². The van der Waals surface area contributed by atoms with E-state index in [-0.39, 0.29) is 18.2 Å². The highest BCUT2D eigenvalue weighted by atomic mass is 32.2. The Labute approximate surface area is 205 Å². The van der Waals surface area contributed by atoms with Gasteiger partial charge in [-0.3, -0.25) is 14.5 Å². The van der Waals surface area contributed by atoms with E-state index in [0.29, 0.717) is 27.3 Å². The summed E-state index contributed by atoms with van der Waals surface area (Å²) in [5.41, 5.74) is 2.70. The fourth-order valence-corrected chi connectivity index (χ4v) is 5.27. The van der Waals surface area contributed by atoms with E-state index in [1.807, 2.05) is 60.0 Å². The minimum absolute atomic E-state index is 0.138. The number of amides is 2. The van der Waals surface area contributed by atoms with Crippen LogP contribution in [0.4, 0.5) is 5.13 Å². The highest BCUT2D eigenvalue weighted by Gasteiger charge is 2.31. The van der Waals surface area contributed by atoms with Gasteiger partial charge in [0.05, 0.1) is 17.7 Å². The number of nitrogens with one attached hydrogen (secondary N) is 1. The Morgan fingerprint density at radius 1 is 1.21 bits per heavy atom. The number of thiocarbonyl (C=S) groups is 1. The topological polar surface area (TPSA) is 71.5 Å². The molecule has 33 heavy (non-hydrogen) atoms. The van der Waals surface area contributed by atoms with Gasteiger partial charge in [0.2, 0.25) is 5.91 Å². The molecule has 1 saturated heterocycles. The fraction of sp³-hybridized carbons (Fsp3) is 0.167. The molecule has 3 aromatic rings. The summed E-state index contributed by atoms with van der Waals surface area (Å²) in [4.78, 5) is 31.7. The second kappa shape index (κ2) is 10.7. The lowest BCUT2D eigenvalue weighted by Crippen LogP contribution is -2.29. The summed E-state index contributed by atoms with van der Waals surface area (Å²) >= 11 is 8.05. The molecule has 4 rings (SSSR count). The van der Waals surface area contributed by atoms with E-state index in [9.17, 15) is 9.59 Å². The van der Waals surface area contributed by atoms with Crippen LogP contribution in [0.2, 0.25) is 0 Å². The van der Waals surface area contributed by atoms with Crippen molar-refractivity contribution >= 4 is 62.7 Å². The zero-order chi connectivity index (χ0) is 23.2. The van der Waals surface area contributed by atoms with Gasteiger partial charge in [-0.1, -0.05) is 66.4 Å². The van der Waals surface area contributed by atoms with Crippen molar-refractivity contribution in [2.45, 2.75) is 12.8 Å². The summed E-state index contributed by atoms with van der Waals surface area (Å²) in [6.45, 7) is 0.390. The maximum absolute atomic E-state index is 12.8. The summed E-state index contributed by atoms with van der Waals surface area (Å²) in [5.74, 6) is 0.448. The molecule has 0 atom stereocenters. The van der Waals surface area contributed by atoms with Gasteiger partial charge in [-0.05, 0) is 30.2 Å². The Bertz CT molecular complexity index is 1210. The van der Waals surface area contributed by atoms with Gasteiger partial charge in [-0.2, -0.15) is 0 Å². The molecule has 1 aromatic heterocycles. The van der Waals surface area contributed by atoms with Gasteiger partial charge in [0.15, 0.2) is 5.13 Å². The number of anilines is 1. The number of thioether (sulfide) groups is 1. The molecule has 1 N–H and O–H groups in total. The molecule has 6 nitrogen and oxygen atoms in total. The molecule has 2 heterocycles. The highest BCUT2D eigenvalue weighted by Crippen LogP contribution is 2.33. The molecule has 2 aromatic carbocycles. The molecule has 1 aliphatic rings. The number of carbonyl (C=O) groups is 2. The molecule has 2 amide bonds. The van der Waals surface area contributed by atoms with Crippen molar-refractivity contribution in [2.75, 3.05) is 19.0 Å². The van der Waals surface area contributed by atoms with E-state index in [0.717, 1.165) is 22.6 Å². The predicted octanol–water partition coefficient (Wildman–Crippen LogP) is 5.44. The first-order valence-corrected chi connectivity index (χ1v) is 12.3. The third-order valence-electron chi connectivity index (χ3n) is 4.87. The van der Waals surface area contributed by atoms with Crippen molar-refractivity contribution in [3.8, 4) is 17.0 Å². The van der Waals surface area contributed by atoms with Crippen molar-refractivity contribution in [1.82, 2.24) is 9.88 Å². The molecule has 0 unspecified atom stereocenters. The minimum Gasteiger partial charge on any atom is -0.497 e. The molecule has 0 aliphatic carbocycles. The number of carbonyl (C=O) groups excluding carboxylic acids is 2. The lowest BCUT2D eigenvalue weighted by molar-refractivity contribution is -0.122. The Morgan fingerprint density at radius 2 is 2.03 bits per heavy atom. The minimum atomic E-state index is -0.138. The SMILES string of the molecule is COc1cccc(C=C2SC(=S)N(CCCC(=O)Nc3nc(-c4ccccc4)cs3)C2=O)c1. The molecule has 1 aliphatic heterocycles. The third-order valence-corrected chi connectivity index (χ3v) is 7.01. The van der Waals surface area contributed by atoms with E-state index >= 15 is 0 Å². The van der Waals surface area contributed by atoms with Crippen LogP contribution in [0.1, 0.15) is 18.4 Å². The monoisotopic (exact) mass is 495 g/mol. The fourth-order valence-electron chi connectivity index (χ4n) is 3.23. The lowest BCUT2D eigenvalue weighted by Gasteiger charge is -2.13. The number of thiazole rings is 1. The molecular formula is C24H21N3O3S3. The number of ether oxygens (including phenoxy) is 1. The van der Waals surface area contributed by atoms with Gasteiger partial charge in [-0.25, -0.2) is 4.98 Å². The zero-order valence-corrected chi connectivity index (χ0v) is 20.3. The number of methoxy groups -OCH3 is 1. The summed E-state index contributed by atoms with van der Waals surface area (Å²) in [7, 11) is 1.60. The van der Waals surface area contributed by atoms with Crippen molar-refractivity contribution in [3.05, 3.63) is 70.4 Å². The van der Waals surface area contributed by atoms with Crippen LogP contribution in [-0.2, 0) is 9.59 Å². The average molecular weight is 496 g/mol. The van der Waals surface area contributed by atoms with Crippen molar-refractivity contribution in [2.24, 2.45) is 0 Å². The third kappa shape index (κ3) is 5.87. The molecular weight excluding hydrogens is 474 g/mol. The second-order valence-electron chi connectivity index (χ2n) is 7.17. The largest absolute Gasteiger partial charge is 0.497 e. The molecule has 1 fully saturated rings. The van der Waals surface area contributed by atoms with Crippen LogP contribution in [0.3, 0.4) is 0 Å². The van der Waals surface area contributed by atoms with Crippen molar-refractivity contribution in [3.63, 3.8) is 0 Å². The van der Waals surface area contributed by atoms with Crippen LogP contribution in [0.15, 0.2) is 64.9 Å². The lowest BCUT2D eigenvalue weighted by atomic mass is 10.2. The standard InChI is InChI=1S/C24H21N3O3S3/c1-30-18-10-5-7-16(13-18)14-20-22(29)27(24(31)33-20)12-6-11-21(28)26-23-25-19(15-32-23)17-8-3-2-4-9-17/h2-5,7-10,13-15H,6,11-12H2,1H3,(H,25,26,28). The number of hydrogen-bond acceptors (Lipinski definition) is 7. The van der Waals surface area contributed by atoms with E-state index in [1.54, 1.807) is 18.1 Å². The van der Waals surface area contributed by atoms with Crippen molar-refractivity contribution in [1.29, 1.82) is 0 Å². The zero-order valence-electron chi connectivity index (χ0n) is 17.8. The smallest absolute Gasteiger partial charge is 0.266 e. The van der Waals surface area contributed by atoms with Crippen LogP contribution in [0.25, 0.3) is 17.3 Å². The maximum atomic E-state index is 12.8. The van der Waals surface area contributed by atoms with Crippen LogP contribution in [-0.4, -0.2) is 39.7 Å². The number of benzene rings is 2. The maximum Gasteiger partial charge on any atom is 0.266 e. The normalized spacial score (nSPS) is 14.7. The van der Waals surface area contributed by atoms with Crippen LogP contribution in [0, 0.1) is 0 Å². The van der Waals surface area contributed by atoms with Crippen molar-refractivity contribution < 1.29 is 14.3 Å². The molecule has 9 heteroatoms. The molecule has 0 radical (unpaired) electrons. The summed E-state index contributed by atoms with van der Waals surface area (Å²) in [6.07, 6.45) is 2.58. The van der Waals surface area contributed by atoms with Crippen LogP contribution in [0.5, 0.6) is 5.75 Å². The summed E-state index contributed by atoms with van der Waals surface area (Å²) < 4.78 is 5.73. The molecule has 0 saturated carbocycles. The van der Waals surface area contributed by atoms with E-state index < -0.39 is 0 Å². The van der Waals surface area contributed by atoms with Crippen LogP contribution < -0.4 is 10.1 Å². The van der Waals surface area contributed by atoms with E-state index in [1.165, 1.54) is 23.1 Å². The number of nitrogens with zero attached hydrogens (tertiary/aromatic N) is 2. The predicted molar refractivity (Wildman–Crippen MR) is 138 cm³/mol. The van der Waals surface area contributed by atoms with E-state index in [2.05, 4.69) is 10.3 Å². The van der Waals surface area contributed by atoms with Crippen LogP contribution >= 0.6 is 35.3 Å². The Morgan fingerprint density at radius 3 is 2.82 bits per heavy atom. The number of rotatable bonds is 8. The first kappa shape index (κ1) is 23.2.